The van der Waals surface area contributed by atoms with Crippen LogP contribution in [-0.2, 0) is 33.5 Å². The summed E-state index contributed by atoms with van der Waals surface area (Å²) in [6, 6.07) is 16.7. The lowest BCUT2D eigenvalue weighted by Gasteiger charge is -2.52. The van der Waals surface area contributed by atoms with Crippen LogP contribution < -0.4 is 4.74 Å². The highest BCUT2D eigenvalue weighted by atomic mass is 32.2. The highest BCUT2D eigenvalue weighted by Crippen LogP contribution is 2.55. The second-order valence-electron chi connectivity index (χ2n) is 21.0. The molecular weight excluding hydrogens is 945 g/mol. The molecule has 5 saturated heterocycles. The molecule has 5 fully saturated rings. The molecule has 7 rings (SSSR count). The Morgan fingerprint density at radius 1 is 0.791 bits per heavy atom. The standard InChI is InChI=1S/C53H82O9S5/c1-34(2)47-49(58-10)45(59-50(60-47)40-19-21-41(57-9)22-20-40)33-53(65-30-15-31-66-53)39(7)43(54)32-46(67(55,56)42-16-12-11-13-17-42)38(6)48-36(4)25-27-52(62-48)26-24-35(3)44(61-52)23-18-37(5)51(8)63-28-14-29-64-51/h11-13,16-17,19-22,34-39,43-50,54H,14-15,18,23-33H2,1-10H3/t35-,36+,37+,38-,39-,43+,44+,45-,46?,47-,48-,49+,50?,52-/m1/s1/i33+1,39+1,43+1,45+1. The van der Waals surface area contributed by atoms with E-state index < -0.39 is 43.3 Å². The molecule has 0 radical (unpaired) electrons. The van der Waals surface area contributed by atoms with Crippen molar-refractivity contribution in [3.05, 3.63) is 60.2 Å². The molecule has 2 aromatic carbocycles. The molecular formula is C53H82O9S5. The van der Waals surface area contributed by atoms with Gasteiger partial charge in [-0.15, -0.1) is 47.0 Å². The summed E-state index contributed by atoms with van der Waals surface area (Å²) in [4.78, 5) is 0.281. The van der Waals surface area contributed by atoms with Crippen molar-refractivity contribution < 1.29 is 41.9 Å². The molecule has 5 aliphatic heterocycles. The van der Waals surface area contributed by atoms with Crippen LogP contribution in [0.25, 0.3) is 0 Å². The van der Waals surface area contributed by atoms with E-state index in [2.05, 4.69) is 78.9 Å². The van der Waals surface area contributed by atoms with Gasteiger partial charge in [0.1, 0.15) is 11.9 Å². The maximum absolute atomic E-state index is 15.1. The lowest BCUT2D eigenvalue weighted by molar-refractivity contribution is -0.337. The first-order chi connectivity index (χ1) is 31.9. The smallest absolute Gasteiger partial charge is 0.184 e. The number of aliphatic hydroxyl groups excluding tert-OH is 1. The van der Waals surface area contributed by atoms with Gasteiger partial charge in [-0.05, 0) is 129 Å². The van der Waals surface area contributed by atoms with E-state index in [9.17, 15) is 5.11 Å². The van der Waals surface area contributed by atoms with Crippen molar-refractivity contribution in [3.8, 4) is 5.75 Å². The van der Waals surface area contributed by atoms with Crippen molar-refractivity contribution in [2.45, 2.75) is 187 Å². The Balaban J connectivity index is 1.13. The number of hydrogen-bond donors (Lipinski definition) is 1. The van der Waals surface area contributed by atoms with E-state index >= 15 is 8.42 Å². The van der Waals surface area contributed by atoms with E-state index in [0.29, 0.717) is 18.3 Å². The molecule has 0 amide bonds. The van der Waals surface area contributed by atoms with Gasteiger partial charge < -0.3 is 33.5 Å². The number of ether oxygens (including phenoxy) is 6. The van der Waals surface area contributed by atoms with Crippen LogP contribution in [0.5, 0.6) is 5.75 Å². The molecule has 9 nitrogen and oxygen atoms in total. The van der Waals surface area contributed by atoms with Crippen LogP contribution in [0.1, 0.15) is 131 Å². The van der Waals surface area contributed by atoms with Crippen molar-refractivity contribution in [1.29, 1.82) is 0 Å². The molecule has 378 valence electrons. The minimum atomic E-state index is -3.92. The van der Waals surface area contributed by atoms with Gasteiger partial charge in [-0.1, -0.05) is 78.8 Å². The molecule has 14 atom stereocenters. The van der Waals surface area contributed by atoms with E-state index in [0.717, 1.165) is 67.8 Å². The summed E-state index contributed by atoms with van der Waals surface area (Å²) in [7, 11) is -0.529. The molecule has 1 N–H and O–H groups in total. The van der Waals surface area contributed by atoms with Crippen molar-refractivity contribution in [3.63, 3.8) is 0 Å². The minimum Gasteiger partial charge on any atom is -0.497 e. The number of thioether (sulfide) groups is 4. The molecule has 2 aromatic rings. The summed E-state index contributed by atoms with van der Waals surface area (Å²) >= 11 is 8.00. The molecule has 5 heterocycles. The molecule has 0 aliphatic carbocycles. The second-order valence-corrected chi connectivity index (χ2v) is 29.6. The van der Waals surface area contributed by atoms with E-state index in [1.54, 1.807) is 38.5 Å². The molecule has 2 unspecified atom stereocenters. The summed E-state index contributed by atoms with van der Waals surface area (Å²) < 4.78 is 69.8. The number of sulfone groups is 1. The van der Waals surface area contributed by atoms with Gasteiger partial charge in [0.25, 0.3) is 0 Å². The summed E-state index contributed by atoms with van der Waals surface area (Å²) in [5.74, 6) is 4.92. The number of aliphatic hydroxyl groups is 1. The predicted octanol–water partition coefficient (Wildman–Crippen LogP) is 12.3. The van der Waals surface area contributed by atoms with Crippen molar-refractivity contribution >= 4 is 56.9 Å². The van der Waals surface area contributed by atoms with Crippen molar-refractivity contribution in [1.82, 2.24) is 0 Å². The summed E-state index contributed by atoms with van der Waals surface area (Å²) in [5, 5.41) is 11.9. The van der Waals surface area contributed by atoms with Crippen LogP contribution >= 0.6 is 47.0 Å². The second kappa shape index (κ2) is 23.5. The minimum absolute atomic E-state index is 0.0840. The number of rotatable bonds is 18. The van der Waals surface area contributed by atoms with Gasteiger partial charge in [0.05, 0.1) is 55.9 Å². The molecule has 67 heavy (non-hydrogen) atoms. The van der Waals surface area contributed by atoms with Crippen LogP contribution in [-0.4, -0.2) is 107 Å². The lowest BCUT2D eigenvalue weighted by Crippen LogP contribution is -2.56. The van der Waals surface area contributed by atoms with Gasteiger partial charge in [-0.2, -0.15) is 0 Å². The Labute approximate surface area is 421 Å². The molecule has 0 aromatic heterocycles. The normalized spacial score (nSPS) is 33.7. The SMILES string of the molecule is COc1ccc(C2O[C@H](C(C)C)[C@@H](OC)[13C@@H]([13CH2]C3([13C@H](C)[13C@@H](O)CC([C@@H](C)[C@@H]4O[C@]5(CC[C@@H](C)[C@H](CC[C@H](C)C6(C)SCCCS6)O5)CC[C@@H]4C)S(=O)(=O)c4ccccc4)SCCCS3)O2)cc1. The Morgan fingerprint density at radius 2 is 1.42 bits per heavy atom. The first-order valence-corrected chi connectivity index (χ1v) is 30.8. The van der Waals surface area contributed by atoms with E-state index in [4.69, 9.17) is 28.4 Å². The highest BCUT2D eigenvalue weighted by molar-refractivity contribution is 8.19. The molecule has 5 aliphatic rings. The first-order valence-electron chi connectivity index (χ1n) is 25.3. The van der Waals surface area contributed by atoms with Crippen LogP contribution in [0.15, 0.2) is 59.5 Å². The van der Waals surface area contributed by atoms with Gasteiger partial charge in [0, 0.05) is 37.9 Å². The Morgan fingerprint density at radius 3 is 2.03 bits per heavy atom. The quantitative estimate of drug-likeness (QED) is 0.143. The maximum Gasteiger partial charge on any atom is 0.184 e. The van der Waals surface area contributed by atoms with Crippen LogP contribution in [0.3, 0.4) is 0 Å². The molecule has 0 saturated carbocycles. The summed E-state index contributed by atoms with van der Waals surface area (Å²) in [6.45, 7) is 17.9. The zero-order chi connectivity index (χ0) is 48.1. The fourth-order valence-electron chi connectivity index (χ4n) is 11.4. The van der Waals surface area contributed by atoms with E-state index in [-0.39, 0.29) is 63.7 Å². The summed E-state index contributed by atoms with van der Waals surface area (Å²) in [6.07, 6.45) is 5.94. The van der Waals surface area contributed by atoms with Crippen molar-refractivity contribution in [2.75, 3.05) is 37.2 Å². The highest BCUT2D eigenvalue weighted by Gasteiger charge is 2.53. The number of benzene rings is 2. The van der Waals surface area contributed by atoms with Crippen LogP contribution in [0.4, 0.5) is 0 Å². The largest absolute Gasteiger partial charge is 0.497 e. The van der Waals surface area contributed by atoms with Gasteiger partial charge in [-0.3, -0.25) is 0 Å². The Hall–Kier alpha value is -0.650. The third-order valence-electron chi connectivity index (χ3n) is 16.1. The van der Waals surface area contributed by atoms with E-state index in [1.807, 2.05) is 53.9 Å². The van der Waals surface area contributed by atoms with Gasteiger partial charge in [-0.25, -0.2) is 8.42 Å². The maximum atomic E-state index is 15.1. The zero-order valence-corrected chi connectivity index (χ0v) is 46.0. The number of methoxy groups -OCH3 is 2. The van der Waals surface area contributed by atoms with Gasteiger partial charge >= 0.3 is 0 Å². The monoisotopic (exact) mass is 1030 g/mol. The molecule has 1 spiro atoms. The third kappa shape index (κ3) is 12.4. The first kappa shape index (κ1) is 54.1. The van der Waals surface area contributed by atoms with Crippen LogP contribution in [0.2, 0.25) is 0 Å². The number of hydrogen-bond acceptors (Lipinski definition) is 13. The Kier molecular flexibility index (Phi) is 19.0. The zero-order valence-electron chi connectivity index (χ0n) is 41.9. The average Bonchev–Trinajstić information content (AvgIpc) is 3.34. The van der Waals surface area contributed by atoms with E-state index in [1.165, 1.54) is 17.9 Å². The van der Waals surface area contributed by atoms with Gasteiger partial charge in [0.2, 0.25) is 0 Å². The predicted molar refractivity (Wildman–Crippen MR) is 280 cm³/mol. The van der Waals surface area contributed by atoms with Crippen LogP contribution in [0, 0.1) is 35.5 Å². The molecule has 0 bridgehead atoms. The fraction of sp³-hybridized carbons (Fsp3) is 0.774. The fourth-order valence-corrected chi connectivity index (χ4v) is 20.3. The molecule has 14 heteroatoms. The Bertz CT molecular complexity index is 1940. The third-order valence-corrected chi connectivity index (χ3v) is 25.8. The van der Waals surface area contributed by atoms with Crippen molar-refractivity contribution in [2.24, 2.45) is 35.5 Å². The topological polar surface area (TPSA) is 110 Å². The summed E-state index contributed by atoms with van der Waals surface area (Å²) in [5.41, 5.74) is 0.904. The average molecular weight is 1030 g/mol. The lowest BCUT2D eigenvalue weighted by atomic mass is 9.80. The van der Waals surface area contributed by atoms with Gasteiger partial charge in [0.15, 0.2) is 21.9 Å².